The highest BCUT2D eigenvalue weighted by atomic mass is 16.8. The first-order valence-corrected chi connectivity index (χ1v) is 22.4. The van der Waals surface area contributed by atoms with Gasteiger partial charge in [0.05, 0.1) is 34.4 Å². The summed E-state index contributed by atoms with van der Waals surface area (Å²) in [5.74, 6) is -4.32. The molecule has 9 rings (SSSR count). The van der Waals surface area contributed by atoms with E-state index < -0.39 is 104 Å². The van der Waals surface area contributed by atoms with Crippen molar-refractivity contribution in [3.63, 3.8) is 0 Å². The van der Waals surface area contributed by atoms with E-state index in [2.05, 4.69) is 0 Å². The van der Waals surface area contributed by atoms with E-state index in [-0.39, 0.29) is 34.4 Å². The summed E-state index contributed by atoms with van der Waals surface area (Å²) >= 11 is 0. The van der Waals surface area contributed by atoms with E-state index in [1.54, 1.807) is 127 Å². The van der Waals surface area contributed by atoms with E-state index in [1.807, 2.05) is 6.07 Å². The van der Waals surface area contributed by atoms with E-state index in [0.717, 1.165) is 0 Å². The molecule has 3 heterocycles. The summed E-state index contributed by atoms with van der Waals surface area (Å²) in [6.07, 6.45) is -17.0. The molecule has 0 radical (unpaired) electrons. The van der Waals surface area contributed by atoms with E-state index in [1.165, 1.54) is 48.5 Å². The van der Waals surface area contributed by atoms with Crippen molar-refractivity contribution in [1.82, 2.24) is 0 Å². The van der Waals surface area contributed by atoms with Crippen LogP contribution in [0.15, 0.2) is 182 Å². The second-order valence-corrected chi connectivity index (χ2v) is 16.3. The molecule has 16 nitrogen and oxygen atoms in total. The fourth-order valence-electron chi connectivity index (χ4n) is 8.18. The van der Waals surface area contributed by atoms with Crippen LogP contribution in [-0.4, -0.2) is 110 Å². The van der Waals surface area contributed by atoms with Crippen LogP contribution in [0, 0.1) is 0 Å². The molecule has 11 atom stereocenters. The predicted octanol–water partition coefficient (Wildman–Crippen LogP) is 6.69. The van der Waals surface area contributed by atoms with Crippen molar-refractivity contribution >= 4 is 29.8 Å². The maximum absolute atomic E-state index is 14.2. The van der Waals surface area contributed by atoms with Crippen LogP contribution in [0.1, 0.15) is 63.6 Å². The highest BCUT2D eigenvalue weighted by Gasteiger charge is 2.58. The van der Waals surface area contributed by atoms with Crippen molar-refractivity contribution in [2.75, 3.05) is 13.2 Å². The molecular formula is C54H46O16. The number of carbonyl (C=O) groups excluding carboxylic acids is 5. The molecular weight excluding hydrogens is 905 g/mol. The van der Waals surface area contributed by atoms with E-state index in [0.29, 0.717) is 5.56 Å². The molecule has 3 fully saturated rings. The molecule has 3 saturated heterocycles. The normalized spacial score (nSPS) is 26.0. The van der Waals surface area contributed by atoms with Gasteiger partial charge >= 0.3 is 29.8 Å². The fraction of sp³-hybridized carbons (Fsp3) is 0.241. The number of carbonyl (C=O) groups is 5. The van der Waals surface area contributed by atoms with Crippen LogP contribution in [0.5, 0.6) is 0 Å². The Bertz CT molecular complexity index is 2690. The van der Waals surface area contributed by atoms with Crippen LogP contribution < -0.4 is 0 Å². The third kappa shape index (κ3) is 11.1. The Morgan fingerprint density at radius 3 is 1.31 bits per heavy atom. The molecule has 358 valence electrons. The summed E-state index contributed by atoms with van der Waals surface area (Å²) in [7, 11) is 0. The minimum absolute atomic E-state index is 0.0752. The molecule has 0 spiro atoms. The maximum atomic E-state index is 14.2. The Hall–Kier alpha value is -7.57. The van der Waals surface area contributed by atoms with Crippen LogP contribution in [0.4, 0.5) is 0 Å². The molecule has 16 heteroatoms. The quantitative estimate of drug-likeness (QED) is 0.0895. The minimum atomic E-state index is -2.01. The first-order chi connectivity index (χ1) is 34.2. The Morgan fingerprint density at radius 1 is 0.443 bits per heavy atom. The molecule has 1 N–H and O–H groups in total. The van der Waals surface area contributed by atoms with Gasteiger partial charge in [-0.15, -0.1) is 0 Å². The second-order valence-electron chi connectivity index (χ2n) is 16.3. The molecule has 6 aromatic rings. The number of fused-ring (bicyclic) bond motifs is 1. The van der Waals surface area contributed by atoms with Crippen molar-refractivity contribution in [3.8, 4) is 0 Å². The predicted molar refractivity (Wildman–Crippen MR) is 244 cm³/mol. The molecule has 70 heavy (non-hydrogen) atoms. The van der Waals surface area contributed by atoms with Crippen molar-refractivity contribution in [2.24, 2.45) is 0 Å². The van der Waals surface area contributed by atoms with E-state index in [4.69, 9.17) is 47.4 Å². The van der Waals surface area contributed by atoms with Gasteiger partial charge < -0.3 is 52.5 Å². The van der Waals surface area contributed by atoms with Crippen molar-refractivity contribution in [1.29, 1.82) is 0 Å². The molecule has 0 saturated carbocycles. The number of esters is 5. The van der Waals surface area contributed by atoms with Crippen molar-refractivity contribution < 1.29 is 76.4 Å². The molecule has 1 unspecified atom stereocenters. The lowest BCUT2D eigenvalue weighted by Gasteiger charge is -2.50. The average Bonchev–Trinajstić information content (AvgIpc) is 3.41. The molecule has 0 bridgehead atoms. The standard InChI is InChI=1S/C54H46O16/c55-47(33-19-7-1-8-20-33)61-31-39-41(43(65-48(56)34-21-9-2-10-22-34)45(52(60)63-39)67-50(58)36-25-13-4-14-26-36)70-54-46(68-51(59)37-27-15-5-16-28-37)44(66-49(57)35-23-11-3-12-24-35)42-40(64-54)32-62-53(69-42)38-29-17-6-18-30-38/h1-30,39-46,52-54,60H,31-32H2/t39-,40-,41-,42-,43+,44+,45-,46-,52+,53?,54+/m1/s1. The fourth-order valence-corrected chi connectivity index (χ4v) is 8.18. The maximum Gasteiger partial charge on any atom is 0.338 e. The summed E-state index contributed by atoms with van der Waals surface area (Å²) in [4.78, 5) is 69.7. The minimum Gasteiger partial charge on any atom is -0.459 e. The van der Waals surface area contributed by atoms with Crippen LogP contribution >= 0.6 is 0 Å². The van der Waals surface area contributed by atoms with Crippen LogP contribution in [0.25, 0.3) is 0 Å². The van der Waals surface area contributed by atoms with Gasteiger partial charge in [0.2, 0.25) is 0 Å². The number of aliphatic hydroxyl groups excluding tert-OH is 1. The van der Waals surface area contributed by atoms with Gasteiger partial charge in [-0.05, 0) is 60.7 Å². The van der Waals surface area contributed by atoms with Gasteiger partial charge in [-0.2, -0.15) is 0 Å². The number of hydrogen-bond acceptors (Lipinski definition) is 16. The lowest BCUT2D eigenvalue weighted by Crippen LogP contribution is -2.67. The van der Waals surface area contributed by atoms with Crippen LogP contribution in [-0.2, 0) is 47.4 Å². The lowest BCUT2D eigenvalue weighted by molar-refractivity contribution is -0.381. The summed E-state index contributed by atoms with van der Waals surface area (Å²) in [6, 6.07) is 48.9. The van der Waals surface area contributed by atoms with Gasteiger partial charge in [-0.3, -0.25) is 0 Å². The largest absolute Gasteiger partial charge is 0.459 e. The summed E-state index contributed by atoms with van der Waals surface area (Å²) in [5.41, 5.74) is 1.25. The van der Waals surface area contributed by atoms with E-state index >= 15 is 0 Å². The number of benzene rings is 6. The first-order valence-electron chi connectivity index (χ1n) is 22.4. The van der Waals surface area contributed by atoms with Crippen LogP contribution in [0.3, 0.4) is 0 Å². The van der Waals surface area contributed by atoms with Crippen LogP contribution in [0.2, 0.25) is 0 Å². The zero-order valence-electron chi connectivity index (χ0n) is 37.2. The summed E-state index contributed by atoms with van der Waals surface area (Å²) in [6.45, 7) is -0.802. The zero-order valence-corrected chi connectivity index (χ0v) is 37.2. The number of rotatable bonds is 14. The third-order valence-corrected chi connectivity index (χ3v) is 11.7. The lowest BCUT2D eigenvalue weighted by atomic mass is 9.95. The number of aliphatic hydroxyl groups is 1. The third-order valence-electron chi connectivity index (χ3n) is 11.7. The zero-order chi connectivity index (χ0) is 48.4. The highest BCUT2D eigenvalue weighted by molar-refractivity contribution is 5.92. The highest BCUT2D eigenvalue weighted by Crippen LogP contribution is 2.40. The smallest absolute Gasteiger partial charge is 0.338 e. The van der Waals surface area contributed by atoms with Gasteiger partial charge in [0.15, 0.2) is 43.3 Å². The topological polar surface area (TPSA) is 198 Å². The first kappa shape index (κ1) is 47.5. The number of hydrogen-bond donors (Lipinski definition) is 1. The molecule has 0 aromatic heterocycles. The van der Waals surface area contributed by atoms with Gasteiger partial charge in [-0.25, -0.2) is 24.0 Å². The summed E-state index contributed by atoms with van der Waals surface area (Å²) in [5, 5.41) is 11.7. The Labute approximate surface area is 401 Å². The Balaban J connectivity index is 1.13. The Morgan fingerprint density at radius 2 is 0.843 bits per heavy atom. The molecule has 3 aliphatic heterocycles. The van der Waals surface area contributed by atoms with Crippen molar-refractivity contribution in [3.05, 3.63) is 215 Å². The van der Waals surface area contributed by atoms with Gasteiger partial charge in [0, 0.05) is 5.56 Å². The average molecular weight is 951 g/mol. The van der Waals surface area contributed by atoms with E-state index in [9.17, 15) is 29.1 Å². The van der Waals surface area contributed by atoms with Gasteiger partial charge in [0.25, 0.3) is 0 Å². The Kier molecular flexibility index (Phi) is 15.1. The molecule has 0 aliphatic carbocycles. The van der Waals surface area contributed by atoms with Gasteiger partial charge in [0.1, 0.15) is 31.0 Å². The van der Waals surface area contributed by atoms with Crippen molar-refractivity contribution in [2.45, 2.75) is 67.7 Å². The summed E-state index contributed by atoms with van der Waals surface area (Å²) < 4.78 is 62.6. The monoisotopic (exact) mass is 950 g/mol. The SMILES string of the molecule is O=C(OC[C@H]1O[C@H](O)[C@H](OC(=O)c2ccccc2)[C@@H](OC(=O)c2ccccc2)[C@@H]1O[C@@H]1O[C@@H]2COC(c3ccccc3)O[C@H]2[C@H](OC(=O)c2ccccc2)[C@H]1OC(=O)c1ccccc1)c1ccccc1. The second kappa shape index (κ2) is 22.2. The van der Waals surface area contributed by atoms with Gasteiger partial charge in [-0.1, -0.05) is 121 Å². The molecule has 3 aliphatic rings. The molecule has 6 aromatic carbocycles. The molecule has 0 amide bonds. The number of ether oxygens (including phenoxy) is 10.